The fourth-order valence-corrected chi connectivity index (χ4v) is 5.49. The van der Waals surface area contributed by atoms with Crippen LogP contribution in [0, 0.1) is 6.92 Å². The van der Waals surface area contributed by atoms with Gasteiger partial charge >= 0.3 is 0 Å². The van der Waals surface area contributed by atoms with Crippen LogP contribution < -0.4 is 0 Å². The number of aromatic hydroxyl groups is 1. The zero-order valence-corrected chi connectivity index (χ0v) is 20.1. The first-order valence-electron chi connectivity index (χ1n) is 12.6. The second-order valence-electron chi connectivity index (χ2n) is 9.55. The van der Waals surface area contributed by atoms with Crippen LogP contribution in [-0.2, 0) is 24.2 Å². The van der Waals surface area contributed by atoms with Crippen LogP contribution in [0.2, 0.25) is 0 Å². The highest BCUT2D eigenvalue weighted by molar-refractivity contribution is 6.10. The fourth-order valence-electron chi connectivity index (χ4n) is 5.49. The molecule has 6 heteroatoms. The van der Waals surface area contributed by atoms with Gasteiger partial charge in [-0.3, -0.25) is 9.69 Å². The minimum absolute atomic E-state index is 0.0507. The predicted octanol–water partition coefficient (Wildman–Crippen LogP) is 4.36. The van der Waals surface area contributed by atoms with Gasteiger partial charge in [0.05, 0.1) is 18.8 Å². The summed E-state index contributed by atoms with van der Waals surface area (Å²) in [4.78, 5) is 18.2. The lowest BCUT2D eigenvalue weighted by atomic mass is 10.0. The summed E-state index contributed by atoms with van der Waals surface area (Å²) in [6.45, 7) is 7.95. The maximum Gasteiger partial charge on any atom is 0.256 e. The Morgan fingerprint density at radius 1 is 0.971 bits per heavy atom. The van der Waals surface area contributed by atoms with E-state index in [1.54, 1.807) is 0 Å². The number of aryl methyl sites for hydroxylation is 2. The number of rotatable bonds is 6. The van der Waals surface area contributed by atoms with Crippen LogP contribution in [0.15, 0.2) is 42.5 Å². The highest BCUT2D eigenvalue weighted by Crippen LogP contribution is 2.36. The van der Waals surface area contributed by atoms with Crippen molar-refractivity contribution in [3.63, 3.8) is 0 Å². The predicted molar refractivity (Wildman–Crippen MR) is 134 cm³/mol. The van der Waals surface area contributed by atoms with Crippen LogP contribution in [0.3, 0.4) is 0 Å². The number of benzene rings is 2. The number of nitrogens with zero attached hydrogens (tertiary/aromatic N) is 3. The minimum atomic E-state index is 0.0507. The number of phenols is 1. The van der Waals surface area contributed by atoms with E-state index in [-0.39, 0.29) is 11.7 Å². The molecule has 1 N–H and O–H groups in total. The minimum Gasteiger partial charge on any atom is -0.508 e. The van der Waals surface area contributed by atoms with Crippen molar-refractivity contribution >= 4 is 16.8 Å². The van der Waals surface area contributed by atoms with E-state index in [0.29, 0.717) is 32.8 Å². The van der Waals surface area contributed by atoms with Gasteiger partial charge in [-0.05, 0) is 57.0 Å². The lowest BCUT2D eigenvalue weighted by Gasteiger charge is -2.28. The molecule has 180 valence electrons. The number of phenolic OH excluding ortho intramolecular Hbond substituents is 1. The van der Waals surface area contributed by atoms with E-state index in [2.05, 4.69) is 40.7 Å². The number of piperidine rings is 1. The molecule has 6 nitrogen and oxygen atoms in total. The van der Waals surface area contributed by atoms with Gasteiger partial charge in [0.15, 0.2) is 0 Å². The highest BCUT2D eigenvalue weighted by Gasteiger charge is 2.29. The maximum absolute atomic E-state index is 13.8. The number of carbonyl (C=O) groups excluding carboxylic acids is 1. The molecule has 0 radical (unpaired) electrons. The van der Waals surface area contributed by atoms with Gasteiger partial charge in [-0.15, -0.1) is 0 Å². The van der Waals surface area contributed by atoms with E-state index in [1.807, 2.05) is 23.1 Å². The molecule has 5 rings (SSSR count). The highest BCUT2D eigenvalue weighted by atomic mass is 16.5. The summed E-state index contributed by atoms with van der Waals surface area (Å²) in [7, 11) is 0. The van der Waals surface area contributed by atoms with Crippen LogP contribution in [0.1, 0.15) is 46.4 Å². The molecule has 1 aromatic heterocycles. The van der Waals surface area contributed by atoms with E-state index < -0.39 is 0 Å². The maximum atomic E-state index is 13.8. The van der Waals surface area contributed by atoms with E-state index in [9.17, 15) is 9.90 Å². The van der Waals surface area contributed by atoms with Gasteiger partial charge in [0.1, 0.15) is 5.75 Å². The van der Waals surface area contributed by atoms with Gasteiger partial charge in [-0.2, -0.15) is 0 Å². The zero-order valence-electron chi connectivity index (χ0n) is 20.1. The van der Waals surface area contributed by atoms with Gasteiger partial charge in [0.25, 0.3) is 5.91 Å². The monoisotopic (exact) mass is 461 g/mol. The lowest BCUT2D eigenvalue weighted by Crippen LogP contribution is -2.41. The molecule has 0 atom stereocenters. The first kappa shape index (κ1) is 22.9. The molecule has 1 amide bonds. The standard InChI is InChI=1S/C28H35N3O3/c1-21-26(28(33)30-16-18-34-19-17-30)27-23(20-29-13-6-3-7-14-29)25(32)11-10-24(27)31(21)15-12-22-8-4-2-5-9-22/h2,4-5,8-11,32H,3,6-7,12-20H2,1H3. The third-order valence-electron chi connectivity index (χ3n) is 7.38. The van der Waals surface area contributed by atoms with Crippen molar-refractivity contribution in [2.45, 2.75) is 45.7 Å². The summed E-state index contributed by atoms with van der Waals surface area (Å²) in [6.07, 6.45) is 4.53. The molecule has 0 bridgehead atoms. The Bertz CT molecular complexity index is 1140. The van der Waals surface area contributed by atoms with Gasteiger partial charge in [-0.1, -0.05) is 36.8 Å². The van der Waals surface area contributed by atoms with Crippen LogP contribution >= 0.6 is 0 Å². The second-order valence-corrected chi connectivity index (χ2v) is 9.55. The molecule has 2 aliphatic rings. The Morgan fingerprint density at radius 3 is 2.44 bits per heavy atom. The van der Waals surface area contributed by atoms with Crippen LogP contribution in [0.5, 0.6) is 5.75 Å². The molecule has 2 saturated heterocycles. The van der Waals surface area contributed by atoms with Gasteiger partial charge in [-0.25, -0.2) is 0 Å². The normalized spacial score (nSPS) is 17.4. The van der Waals surface area contributed by atoms with E-state index in [0.717, 1.165) is 53.8 Å². The Hall–Kier alpha value is -2.83. The SMILES string of the molecule is Cc1c(C(=O)N2CCOCC2)c2c(CN3CCCCC3)c(O)ccc2n1CCc1ccccc1. The number of fused-ring (bicyclic) bond motifs is 1. The van der Waals surface area contributed by atoms with Crippen molar-refractivity contribution < 1.29 is 14.6 Å². The first-order valence-corrected chi connectivity index (χ1v) is 12.6. The van der Waals surface area contributed by atoms with E-state index >= 15 is 0 Å². The summed E-state index contributed by atoms with van der Waals surface area (Å²) < 4.78 is 7.77. The van der Waals surface area contributed by atoms with E-state index in [1.165, 1.54) is 24.8 Å². The number of amides is 1. The summed E-state index contributed by atoms with van der Waals surface area (Å²) >= 11 is 0. The summed E-state index contributed by atoms with van der Waals surface area (Å²) in [5.41, 5.74) is 4.92. The second kappa shape index (κ2) is 10.2. The summed E-state index contributed by atoms with van der Waals surface area (Å²) in [5.74, 6) is 0.337. The molecule has 0 saturated carbocycles. The largest absolute Gasteiger partial charge is 0.508 e. The molecule has 2 aliphatic heterocycles. The van der Waals surface area contributed by atoms with Crippen molar-refractivity contribution in [3.8, 4) is 5.75 Å². The Balaban J connectivity index is 1.59. The molecular formula is C28H35N3O3. The average Bonchev–Trinajstić information content (AvgIpc) is 3.17. The first-order chi connectivity index (χ1) is 16.6. The Kier molecular flexibility index (Phi) is 6.88. The smallest absolute Gasteiger partial charge is 0.256 e. The van der Waals surface area contributed by atoms with Crippen LogP contribution in [0.25, 0.3) is 10.9 Å². The van der Waals surface area contributed by atoms with Crippen molar-refractivity contribution in [3.05, 3.63) is 64.8 Å². The fraction of sp³-hybridized carbons (Fsp3) is 0.464. The van der Waals surface area contributed by atoms with Crippen molar-refractivity contribution in [2.75, 3.05) is 39.4 Å². The van der Waals surface area contributed by atoms with Gasteiger partial charge in [0, 0.05) is 48.3 Å². The topological polar surface area (TPSA) is 57.9 Å². The summed E-state index contributed by atoms with van der Waals surface area (Å²) in [6, 6.07) is 14.3. The molecule has 2 aromatic carbocycles. The molecule has 2 fully saturated rings. The average molecular weight is 462 g/mol. The quantitative estimate of drug-likeness (QED) is 0.593. The number of carbonyl (C=O) groups is 1. The Morgan fingerprint density at radius 2 is 1.71 bits per heavy atom. The Labute approximate surface area is 201 Å². The van der Waals surface area contributed by atoms with Gasteiger partial charge in [0.2, 0.25) is 0 Å². The van der Waals surface area contributed by atoms with Crippen molar-refractivity contribution in [1.29, 1.82) is 0 Å². The molecule has 0 spiro atoms. The number of hydrogen-bond acceptors (Lipinski definition) is 4. The molecule has 0 aliphatic carbocycles. The third kappa shape index (κ3) is 4.57. The number of ether oxygens (including phenoxy) is 1. The van der Waals surface area contributed by atoms with Crippen molar-refractivity contribution in [2.24, 2.45) is 0 Å². The number of hydrogen-bond donors (Lipinski definition) is 1. The summed E-state index contributed by atoms with van der Waals surface area (Å²) in [5, 5.41) is 11.9. The number of morpholine rings is 1. The number of likely N-dealkylation sites (tertiary alicyclic amines) is 1. The van der Waals surface area contributed by atoms with Crippen molar-refractivity contribution in [1.82, 2.24) is 14.4 Å². The molecule has 34 heavy (non-hydrogen) atoms. The molecule has 3 heterocycles. The molecular weight excluding hydrogens is 426 g/mol. The van der Waals surface area contributed by atoms with Crippen LogP contribution in [0.4, 0.5) is 0 Å². The lowest BCUT2D eigenvalue weighted by molar-refractivity contribution is 0.0303. The van der Waals surface area contributed by atoms with E-state index in [4.69, 9.17) is 4.74 Å². The van der Waals surface area contributed by atoms with Crippen LogP contribution in [-0.4, -0.2) is 64.8 Å². The molecule has 3 aromatic rings. The third-order valence-corrected chi connectivity index (χ3v) is 7.38. The zero-order chi connectivity index (χ0) is 23.5. The number of aromatic nitrogens is 1. The van der Waals surface area contributed by atoms with Gasteiger partial charge < -0.3 is 19.3 Å². The molecule has 0 unspecified atom stereocenters.